The lowest BCUT2D eigenvalue weighted by molar-refractivity contribution is 0.0745. The molecule has 0 bridgehead atoms. The molecule has 0 saturated heterocycles. The zero-order chi connectivity index (χ0) is 18.2. The van der Waals surface area contributed by atoms with Gasteiger partial charge >= 0.3 is 0 Å². The lowest BCUT2D eigenvalue weighted by Gasteiger charge is -2.23. The van der Waals surface area contributed by atoms with Crippen LogP contribution in [0.15, 0.2) is 84.9 Å². The molecular weight excluding hydrogens is 320 g/mol. The van der Waals surface area contributed by atoms with Crippen LogP contribution in [-0.4, -0.2) is 17.4 Å². The van der Waals surface area contributed by atoms with Crippen LogP contribution in [-0.2, 0) is 13.0 Å². The Morgan fingerprint density at radius 2 is 1.50 bits per heavy atom. The zero-order valence-electron chi connectivity index (χ0n) is 14.5. The number of hydrogen-bond donors (Lipinski definition) is 0. The molecule has 128 valence electrons. The number of benzene rings is 3. The first-order valence-corrected chi connectivity index (χ1v) is 8.63. The Kier molecular flexibility index (Phi) is 5.80. The molecule has 1 amide bonds. The highest BCUT2D eigenvalue weighted by Gasteiger charge is 2.16. The van der Waals surface area contributed by atoms with Gasteiger partial charge in [-0.2, -0.15) is 5.26 Å². The zero-order valence-corrected chi connectivity index (χ0v) is 14.5. The van der Waals surface area contributed by atoms with Crippen molar-refractivity contribution in [1.29, 1.82) is 5.26 Å². The first kappa shape index (κ1) is 17.4. The van der Waals surface area contributed by atoms with Gasteiger partial charge in [0.2, 0.25) is 0 Å². The molecule has 0 aliphatic carbocycles. The second kappa shape index (κ2) is 8.64. The summed E-state index contributed by atoms with van der Waals surface area (Å²) >= 11 is 0. The minimum absolute atomic E-state index is 0.0538. The van der Waals surface area contributed by atoms with E-state index in [0.29, 0.717) is 24.2 Å². The Bertz CT molecular complexity index is 898. The van der Waals surface area contributed by atoms with Crippen LogP contribution in [0.5, 0.6) is 0 Å². The molecule has 3 aromatic rings. The lowest BCUT2D eigenvalue weighted by atomic mass is 10.1. The normalized spacial score (nSPS) is 10.1. The molecule has 0 saturated carbocycles. The summed E-state index contributed by atoms with van der Waals surface area (Å²) in [6.07, 6.45) is 0.789. The number of hydrogen-bond acceptors (Lipinski definition) is 2. The van der Waals surface area contributed by atoms with Gasteiger partial charge in [0.1, 0.15) is 0 Å². The molecule has 0 aliphatic rings. The van der Waals surface area contributed by atoms with Crippen molar-refractivity contribution in [3.8, 4) is 6.07 Å². The lowest BCUT2D eigenvalue weighted by Crippen LogP contribution is -2.32. The van der Waals surface area contributed by atoms with Gasteiger partial charge in [0, 0.05) is 18.7 Å². The van der Waals surface area contributed by atoms with E-state index in [1.807, 2.05) is 53.4 Å². The first-order chi connectivity index (χ1) is 12.8. The largest absolute Gasteiger partial charge is 0.334 e. The molecule has 3 rings (SSSR count). The first-order valence-electron chi connectivity index (χ1n) is 8.63. The molecule has 26 heavy (non-hydrogen) atoms. The van der Waals surface area contributed by atoms with E-state index >= 15 is 0 Å². The Balaban J connectivity index is 1.81. The highest BCUT2D eigenvalue weighted by molar-refractivity contribution is 5.94. The summed E-state index contributed by atoms with van der Waals surface area (Å²) in [5, 5.41) is 9.09. The van der Waals surface area contributed by atoms with E-state index in [9.17, 15) is 4.79 Å². The van der Waals surface area contributed by atoms with E-state index in [4.69, 9.17) is 5.26 Å². The highest BCUT2D eigenvalue weighted by atomic mass is 16.2. The van der Waals surface area contributed by atoms with Gasteiger partial charge < -0.3 is 4.90 Å². The highest BCUT2D eigenvalue weighted by Crippen LogP contribution is 2.13. The van der Waals surface area contributed by atoms with Crippen LogP contribution < -0.4 is 0 Å². The molecule has 0 N–H and O–H groups in total. The molecule has 0 heterocycles. The second-order valence-corrected chi connectivity index (χ2v) is 6.14. The molecule has 0 spiro atoms. The standard InChI is InChI=1S/C23H20N2O/c24-17-21-12-7-13-22(16-21)23(26)25(18-20-10-5-2-6-11-20)15-14-19-8-3-1-4-9-19/h1-13,16H,14-15,18H2. The van der Waals surface area contributed by atoms with Crippen molar-refractivity contribution in [2.75, 3.05) is 6.54 Å². The van der Waals surface area contributed by atoms with Crippen LogP contribution in [0.25, 0.3) is 0 Å². The van der Waals surface area contributed by atoms with Crippen LogP contribution in [0.1, 0.15) is 27.0 Å². The van der Waals surface area contributed by atoms with Gasteiger partial charge in [-0.1, -0.05) is 66.7 Å². The van der Waals surface area contributed by atoms with E-state index in [1.165, 1.54) is 5.56 Å². The van der Waals surface area contributed by atoms with Crippen LogP contribution in [0.3, 0.4) is 0 Å². The number of carbonyl (C=O) groups is 1. The maximum absolute atomic E-state index is 13.1. The number of amides is 1. The Morgan fingerprint density at radius 3 is 2.15 bits per heavy atom. The molecule has 0 aliphatic heterocycles. The summed E-state index contributed by atoms with van der Waals surface area (Å²) in [6.45, 7) is 1.16. The third-order valence-corrected chi connectivity index (χ3v) is 4.26. The molecular formula is C23H20N2O. The maximum Gasteiger partial charge on any atom is 0.254 e. The minimum Gasteiger partial charge on any atom is -0.334 e. The number of nitrogens with zero attached hydrogens (tertiary/aromatic N) is 2. The Hall–Kier alpha value is -3.38. The Labute approximate surface area is 154 Å². The summed E-state index contributed by atoms with van der Waals surface area (Å²) in [5.41, 5.74) is 3.33. The smallest absolute Gasteiger partial charge is 0.254 e. The number of rotatable bonds is 6. The minimum atomic E-state index is -0.0538. The van der Waals surface area contributed by atoms with Gasteiger partial charge in [0.05, 0.1) is 11.6 Å². The maximum atomic E-state index is 13.1. The van der Waals surface area contributed by atoms with Crippen LogP contribution in [0, 0.1) is 11.3 Å². The van der Waals surface area contributed by atoms with Gasteiger partial charge in [0.15, 0.2) is 0 Å². The van der Waals surface area contributed by atoms with Crippen LogP contribution in [0.2, 0.25) is 0 Å². The van der Waals surface area contributed by atoms with Crippen molar-refractivity contribution in [3.63, 3.8) is 0 Å². The van der Waals surface area contributed by atoms with Gasteiger partial charge in [-0.15, -0.1) is 0 Å². The third kappa shape index (κ3) is 4.58. The molecule has 0 aromatic heterocycles. The van der Waals surface area contributed by atoms with Crippen molar-refractivity contribution in [2.24, 2.45) is 0 Å². The molecule has 3 heteroatoms. The monoisotopic (exact) mass is 340 g/mol. The molecule has 3 aromatic carbocycles. The number of carbonyl (C=O) groups excluding carboxylic acids is 1. The summed E-state index contributed by atoms with van der Waals surface area (Å²) in [6, 6.07) is 29.1. The van der Waals surface area contributed by atoms with Crippen molar-refractivity contribution < 1.29 is 4.79 Å². The van der Waals surface area contributed by atoms with E-state index in [1.54, 1.807) is 24.3 Å². The molecule has 0 radical (unpaired) electrons. The predicted octanol–water partition coefficient (Wildman–Crippen LogP) is 4.44. The topological polar surface area (TPSA) is 44.1 Å². The average molecular weight is 340 g/mol. The average Bonchev–Trinajstić information content (AvgIpc) is 2.72. The third-order valence-electron chi connectivity index (χ3n) is 4.26. The van der Waals surface area contributed by atoms with Gasteiger partial charge in [-0.3, -0.25) is 4.79 Å². The van der Waals surface area contributed by atoms with E-state index in [-0.39, 0.29) is 5.91 Å². The fourth-order valence-corrected chi connectivity index (χ4v) is 2.87. The summed E-state index contributed by atoms with van der Waals surface area (Å²) in [7, 11) is 0. The molecule has 0 atom stereocenters. The predicted molar refractivity (Wildman–Crippen MR) is 102 cm³/mol. The fourth-order valence-electron chi connectivity index (χ4n) is 2.87. The van der Waals surface area contributed by atoms with Crippen LogP contribution in [0.4, 0.5) is 0 Å². The van der Waals surface area contributed by atoms with E-state index in [2.05, 4.69) is 18.2 Å². The van der Waals surface area contributed by atoms with Crippen molar-refractivity contribution >= 4 is 5.91 Å². The van der Waals surface area contributed by atoms with Crippen molar-refractivity contribution in [1.82, 2.24) is 4.90 Å². The van der Waals surface area contributed by atoms with E-state index < -0.39 is 0 Å². The number of nitriles is 1. The summed E-state index contributed by atoms with van der Waals surface area (Å²) < 4.78 is 0. The Morgan fingerprint density at radius 1 is 0.846 bits per heavy atom. The van der Waals surface area contributed by atoms with Crippen LogP contribution >= 0.6 is 0 Å². The van der Waals surface area contributed by atoms with Gasteiger partial charge in [-0.25, -0.2) is 0 Å². The van der Waals surface area contributed by atoms with Gasteiger partial charge in [-0.05, 0) is 35.7 Å². The quantitative estimate of drug-likeness (QED) is 0.666. The molecule has 0 fully saturated rings. The van der Waals surface area contributed by atoms with Crippen molar-refractivity contribution in [2.45, 2.75) is 13.0 Å². The van der Waals surface area contributed by atoms with Crippen molar-refractivity contribution in [3.05, 3.63) is 107 Å². The summed E-state index contributed by atoms with van der Waals surface area (Å²) in [4.78, 5) is 14.9. The summed E-state index contributed by atoms with van der Waals surface area (Å²) in [5.74, 6) is -0.0538. The molecule has 3 nitrogen and oxygen atoms in total. The van der Waals surface area contributed by atoms with E-state index in [0.717, 1.165) is 12.0 Å². The second-order valence-electron chi connectivity index (χ2n) is 6.14. The fraction of sp³-hybridized carbons (Fsp3) is 0.130. The SMILES string of the molecule is N#Cc1cccc(C(=O)N(CCc2ccccc2)Cc2ccccc2)c1. The molecule has 0 unspecified atom stereocenters. The van der Waals surface area contributed by atoms with Gasteiger partial charge in [0.25, 0.3) is 5.91 Å².